The topological polar surface area (TPSA) is 126 Å². The Morgan fingerprint density at radius 1 is 1.19 bits per heavy atom. The molecule has 4 N–H and O–H groups in total. The molecule has 0 unspecified atom stereocenters. The summed E-state index contributed by atoms with van der Waals surface area (Å²) in [4.78, 5) is 32.2. The zero-order valence-electron chi connectivity index (χ0n) is 13.7. The Kier molecular flexibility index (Phi) is 4.22. The van der Waals surface area contributed by atoms with Gasteiger partial charge in [-0.2, -0.15) is 13.2 Å². The van der Waals surface area contributed by atoms with Crippen molar-refractivity contribution >= 4 is 28.5 Å². The number of hydrogen-bond acceptors (Lipinski definition) is 7. The number of methoxy groups -OCH3 is 1. The fourth-order valence-corrected chi connectivity index (χ4v) is 2.51. The zero-order valence-corrected chi connectivity index (χ0v) is 13.7. The molecule has 0 aliphatic rings. The maximum Gasteiger partial charge on any atom is 0.433 e. The molecule has 0 aromatic carbocycles. The van der Waals surface area contributed by atoms with E-state index in [2.05, 4.69) is 14.7 Å². The van der Waals surface area contributed by atoms with Crippen molar-refractivity contribution in [2.24, 2.45) is 0 Å². The monoisotopic (exact) mass is 379 g/mol. The highest BCUT2D eigenvalue weighted by Gasteiger charge is 2.33. The predicted molar refractivity (Wildman–Crippen MR) is 90.3 cm³/mol. The third kappa shape index (κ3) is 3.03. The van der Waals surface area contributed by atoms with E-state index in [1.54, 1.807) is 0 Å². The van der Waals surface area contributed by atoms with Crippen LogP contribution in [0.4, 0.5) is 24.7 Å². The number of halogens is 3. The Labute approximate surface area is 149 Å². The van der Waals surface area contributed by atoms with Gasteiger partial charge in [0.25, 0.3) is 5.56 Å². The molecule has 0 atom stereocenters. The summed E-state index contributed by atoms with van der Waals surface area (Å²) in [5.74, 6) is -0.903. The molecule has 27 heavy (non-hydrogen) atoms. The fourth-order valence-electron chi connectivity index (χ4n) is 2.51. The number of carbonyl (C=O) groups is 1. The van der Waals surface area contributed by atoms with Crippen LogP contribution in [0.15, 0.2) is 35.3 Å². The minimum absolute atomic E-state index is 0.0279. The van der Waals surface area contributed by atoms with Crippen LogP contribution in [-0.4, -0.2) is 27.6 Å². The number of alkyl halides is 3. The minimum Gasteiger partial charge on any atom is -0.465 e. The minimum atomic E-state index is -4.75. The second-order valence-electron chi connectivity index (χ2n) is 5.43. The number of hydrogen-bond donors (Lipinski definition) is 2. The van der Waals surface area contributed by atoms with Crippen molar-refractivity contribution in [1.82, 2.24) is 14.5 Å². The SMILES string of the molecule is COC(=O)c1c(N)c2ccc(C(F)(F)F)nc2n(-c2ccc(N)nc2)c1=O. The summed E-state index contributed by atoms with van der Waals surface area (Å²) in [7, 11) is 1.05. The summed E-state index contributed by atoms with van der Waals surface area (Å²) in [6, 6.07) is 4.43. The van der Waals surface area contributed by atoms with E-state index in [4.69, 9.17) is 11.5 Å². The first-order chi connectivity index (χ1) is 12.6. The highest BCUT2D eigenvalue weighted by Crippen LogP contribution is 2.31. The number of ether oxygens (including phenoxy) is 1. The second-order valence-corrected chi connectivity index (χ2v) is 5.43. The summed E-state index contributed by atoms with van der Waals surface area (Å²) in [5, 5.41) is -0.0279. The largest absolute Gasteiger partial charge is 0.465 e. The average molecular weight is 379 g/mol. The van der Waals surface area contributed by atoms with E-state index in [-0.39, 0.29) is 28.2 Å². The Hall–Kier alpha value is -3.63. The standard InChI is InChI=1S/C16H12F3N5O3/c1-27-15(26)11-12(21)8-3-4-9(16(17,18)19)23-13(8)24(14(11)25)7-2-5-10(20)22-6-7/h2-6H,21H2,1H3,(H2,20,22). The van der Waals surface area contributed by atoms with Crippen molar-refractivity contribution in [3.8, 4) is 5.69 Å². The van der Waals surface area contributed by atoms with Crippen LogP contribution >= 0.6 is 0 Å². The molecule has 0 saturated heterocycles. The van der Waals surface area contributed by atoms with Gasteiger partial charge in [-0.05, 0) is 24.3 Å². The molecule has 3 rings (SSSR count). The van der Waals surface area contributed by atoms with Crippen LogP contribution < -0.4 is 17.0 Å². The van der Waals surface area contributed by atoms with E-state index in [1.165, 1.54) is 12.1 Å². The molecule has 0 saturated carbocycles. The van der Waals surface area contributed by atoms with E-state index in [1.807, 2.05) is 0 Å². The lowest BCUT2D eigenvalue weighted by Gasteiger charge is -2.15. The summed E-state index contributed by atoms with van der Waals surface area (Å²) < 4.78 is 44.6. The number of anilines is 2. The molecule has 140 valence electrons. The van der Waals surface area contributed by atoms with Crippen LogP contribution in [0.5, 0.6) is 0 Å². The molecule has 0 radical (unpaired) electrons. The van der Waals surface area contributed by atoms with Crippen molar-refractivity contribution in [3.05, 3.63) is 52.1 Å². The van der Waals surface area contributed by atoms with Gasteiger partial charge in [0.15, 0.2) is 0 Å². The number of rotatable bonds is 2. The molecule has 3 aromatic heterocycles. The summed E-state index contributed by atoms with van der Waals surface area (Å²) >= 11 is 0. The molecule has 0 aliphatic heterocycles. The van der Waals surface area contributed by atoms with E-state index in [0.717, 1.165) is 23.9 Å². The maximum atomic E-state index is 13.1. The molecule has 0 aliphatic carbocycles. The summed E-state index contributed by atoms with van der Waals surface area (Å²) in [6.07, 6.45) is -3.58. The number of pyridine rings is 3. The Morgan fingerprint density at radius 3 is 2.44 bits per heavy atom. The lowest BCUT2D eigenvalue weighted by atomic mass is 10.1. The molecule has 0 bridgehead atoms. The van der Waals surface area contributed by atoms with E-state index >= 15 is 0 Å². The van der Waals surface area contributed by atoms with Crippen molar-refractivity contribution < 1.29 is 22.7 Å². The maximum absolute atomic E-state index is 13.1. The lowest BCUT2D eigenvalue weighted by Crippen LogP contribution is -2.29. The molecule has 0 fully saturated rings. The smallest absolute Gasteiger partial charge is 0.433 e. The van der Waals surface area contributed by atoms with Crippen molar-refractivity contribution in [3.63, 3.8) is 0 Å². The van der Waals surface area contributed by atoms with Gasteiger partial charge in [0.1, 0.15) is 22.7 Å². The number of aromatic nitrogens is 3. The molecule has 11 heteroatoms. The zero-order chi connectivity index (χ0) is 19.9. The highest BCUT2D eigenvalue weighted by atomic mass is 19.4. The van der Waals surface area contributed by atoms with Gasteiger partial charge in [0.2, 0.25) is 0 Å². The van der Waals surface area contributed by atoms with E-state index < -0.39 is 29.0 Å². The summed E-state index contributed by atoms with van der Waals surface area (Å²) in [5.41, 5.74) is 7.95. The fraction of sp³-hybridized carbons (Fsp3) is 0.125. The van der Waals surface area contributed by atoms with Crippen molar-refractivity contribution in [2.75, 3.05) is 18.6 Å². The number of nitrogens with two attached hydrogens (primary N) is 2. The molecule has 8 nitrogen and oxygen atoms in total. The summed E-state index contributed by atoms with van der Waals surface area (Å²) in [6.45, 7) is 0. The van der Waals surface area contributed by atoms with E-state index in [9.17, 15) is 22.8 Å². The normalized spacial score (nSPS) is 11.6. The van der Waals surface area contributed by atoms with Crippen LogP contribution in [0.25, 0.3) is 16.7 Å². The number of carbonyl (C=O) groups excluding carboxylic acids is 1. The van der Waals surface area contributed by atoms with Crippen molar-refractivity contribution in [1.29, 1.82) is 0 Å². The van der Waals surface area contributed by atoms with Gasteiger partial charge in [-0.25, -0.2) is 14.8 Å². The van der Waals surface area contributed by atoms with Gasteiger partial charge in [-0.1, -0.05) is 0 Å². The number of esters is 1. The first-order valence-electron chi connectivity index (χ1n) is 7.37. The Balaban J connectivity index is 2.50. The molecular formula is C16H12F3N5O3. The molecule has 3 heterocycles. The van der Waals surface area contributed by atoms with Gasteiger partial charge >= 0.3 is 12.1 Å². The van der Waals surface area contributed by atoms with Gasteiger partial charge in [0, 0.05) is 5.39 Å². The average Bonchev–Trinajstić information content (AvgIpc) is 2.62. The van der Waals surface area contributed by atoms with Crippen molar-refractivity contribution in [2.45, 2.75) is 6.18 Å². The van der Waals surface area contributed by atoms with Gasteiger partial charge < -0.3 is 16.2 Å². The van der Waals surface area contributed by atoms with Crippen LogP contribution in [0.3, 0.4) is 0 Å². The quantitative estimate of drug-likeness (QED) is 0.650. The van der Waals surface area contributed by atoms with Gasteiger partial charge in [-0.15, -0.1) is 0 Å². The number of nitrogens with zero attached hydrogens (tertiary/aromatic N) is 3. The molecular weight excluding hydrogens is 367 g/mol. The Morgan fingerprint density at radius 2 is 1.89 bits per heavy atom. The van der Waals surface area contributed by atoms with Crippen LogP contribution in [0, 0.1) is 0 Å². The first-order valence-corrected chi connectivity index (χ1v) is 7.37. The van der Waals surface area contributed by atoms with Crippen LogP contribution in [-0.2, 0) is 10.9 Å². The van der Waals surface area contributed by atoms with E-state index in [0.29, 0.717) is 6.07 Å². The van der Waals surface area contributed by atoms with Gasteiger partial charge in [0.05, 0.1) is 24.7 Å². The van der Waals surface area contributed by atoms with Crippen LogP contribution in [0.2, 0.25) is 0 Å². The molecule has 0 amide bonds. The number of nitrogen functional groups attached to an aromatic ring is 2. The van der Waals surface area contributed by atoms with Gasteiger partial charge in [-0.3, -0.25) is 9.36 Å². The number of fused-ring (bicyclic) bond motifs is 1. The highest BCUT2D eigenvalue weighted by molar-refractivity contribution is 6.03. The first kappa shape index (κ1) is 18.2. The predicted octanol–water partition coefficient (Wildman–Crippen LogP) is 1.75. The second kappa shape index (κ2) is 6.27. The lowest BCUT2D eigenvalue weighted by molar-refractivity contribution is -0.141. The van der Waals surface area contributed by atoms with Crippen LogP contribution in [0.1, 0.15) is 16.1 Å². The third-order valence-corrected chi connectivity index (χ3v) is 3.77. The third-order valence-electron chi connectivity index (χ3n) is 3.77. The Bertz CT molecular complexity index is 1110. The molecule has 3 aromatic rings. The molecule has 0 spiro atoms.